The van der Waals surface area contributed by atoms with Crippen LogP contribution in [0.25, 0.3) is 17.0 Å². The van der Waals surface area contributed by atoms with E-state index >= 15 is 0 Å². The fourth-order valence-electron chi connectivity index (χ4n) is 2.50. The van der Waals surface area contributed by atoms with Crippen LogP contribution >= 0.6 is 11.8 Å². The minimum atomic E-state index is 0.110. The molecule has 3 nitrogen and oxygen atoms in total. The molecule has 0 bridgehead atoms. The van der Waals surface area contributed by atoms with Crippen molar-refractivity contribution in [2.45, 2.75) is 6.42 Å². The Balaban J connectivity index is 1.79. The van der Waals surface area contributed by atoms with Gasteiger partial charge >= 0.3 is 0 Å². The molecule has 1 saturated heterocycles. The lowest BCUT2D eigenvalue weighted by atomic mass is 10.1. The van der Waals surface area contributed by atoms with E-state index in [-0.39, 0.29) is 5.91 Å². The monoisotopic (exact) mass is 298 g/mol. The van der Waals surface area contributed by atoms with Gasteiger partial charge in [0.1, 0.15) is 0 Å². The minimum absolute atomic E-state index is 0.110. The first-order valence-corrected chi connectivity index (χ1v) is 8.38. The van der Waals surface area contributed by atoms with Gasteiger partial charge in [-0.2, -0.15) is 11.8 Å². The van der Waals surface area contributed by atoms with Gasteiger partial charge in [0.15, 0.2) is 0 Å². The molecule has 0 saturated carbocycles. The van der Waals surface area contributed by atoms with Crippen LogP contribution in [0.15, 0.2) is 42.6 Å². The third-order valence-corrected chi connectivity index (χ3v) is 4.67. The normalized spacial score (nSPS) is 16.3. The maximum Gasteiger partial charge on any atom is 0.246 e. The lowest BCUT2D eigenvalue weighted by Crippen LogP contribution is -2.31. The van der Waals surface area contributed by atoms with Crippen LogP contribution in [0.2, 0.25) is 0 Å². The van der Waals surface area contributed by atoms with Crippen molar-refractivity contribution in [3.05, 3.63) is 48.2 Å². The average Bonchev–Trinajstić information content (AvgIpc) is 2.82. The van der Waals surface area contributed by atoms with Crippen molar-refractivity contribution in [1.29, 1.82) is 0 Å². The maximum atomic E-state index is 12.3. The van der Waals surface area contributed by atoms with Crippen LogP contribution in [0.3, 0.4) is 0 Å². The summed E-state index contributed by atoms with van der Waals surface area (Å²) in [5, 5.41) is 1.08. The van der Waals surface area contributed by atoms with E-state index in [1.165, 1.54) is 0 Å². The van der Waals surface area contributed by atoms with E-state index in [4.69, 9.17) is 0 Å². The van der Waals surface area contributed by atoms with Crippen LogP contribution in [-0.4, -0.2) is 40.4 Å². The number of fused-ring (bicyclic) bond motifs is 1. The quantitative estimate of drug-likeness (QED) is 0.798. The average molecular weight is 298 g/mol. The number of benzene rings is 1. The predicted molar refractivity (Wildman–Crippen MR) is 89.3 cm³/mol. The van der Waals surface area contributed by atoms with Crippen LogP contribution in [0.4, 0.5) is 0 Å². The van der Waals surface area contributed by atoms with Gasteiger partial charge in [-0.05, 0) is 35.9 Å². The summed E-state index contributed by atoms with van der Waals surface area (Å²) in [4.78, 5) is 18.6. The van der Waals surface area contributed by atoms with Crippen LogP contribution in [0.5, 0.6) is 0 Å². The van der Waals surface area contributed by atoms with Crippen LogP contribution in [0, 0.1) is 0 Å². The van der Waals surface area contributed by atoms with Gasteiger partial charge in [-0.25, -0.2) is 0 Å². The first-order chi connectivity index (χ1) is 10.3. The maximum absolute atomic E-state index is 12.3. The highest BCUT2D eigenvalue weighted by Gasteiger charge is 2.12. The molecular weight excluding hydrogens is 280 g/mol. The molecule has 2 aromatic rings. The second-order valence-corrected chi connectivity index (χ2v) is 6.27. The Hall–Kier alpha value is -1.81. The SMILES string of the molecule is O=C(/C=C/c1ccnc2ccccc12)N1CCCSCC1. The Morgan fingerprint density at radius 2 is 2.10 bits per heavy atom. The fourth-order valence-corrected chi connectivity index (χ4v) is 3.38. The molecule has 2 heterocycles. The Morgan fingerprint density at radius 3 is 3.05 bits per heavy atom. The summed E-state index contributed by atoms with van der Waals surface area (Å²) in [6.45, 7) is 1.72. The molecule has 1 aliphatic heterocycles. The molecule has 4 heteroatoms. The molecule has 0 N–H and O–H groups in total. The standard InChI is InChI=1S/C17H18N2OS/c20-17(19-10-3-12-21-13-11-19)7-6-14-8-9-18-16-5-2-1-4-15(14)16/h1-2,4-9H,3,10-13H2/b7-6+. The lowest BCUT2D eigenvalue weighted by Gasteiger charge is -2.17. The van der Waals surface area contributed by atoms with E-state index < -0.39 is 0 Å². The molecule has 1 amide bonds. The summed E-state index contributed by atoms with van der Waals surface area (Å²) in [7, 11) is 0. The third kappa shape index (κ3) is 3.45. The first kappa shape index (κ1) is 14.1. The molecule has 0 aliphatic carbocycles. The highest BCUT2D eigenvalue weighted by atomic mass is 32.2. The van der Waals surface area contributed by atoms with Crippen molar-refractivity contribution >= 4 is 34.6 Å². The number of carbonyl (C=O) groups excluding carboxylic acids is 1. The van der Waals surface area contributed by atoms with Gasteiger partial charge in [-0.3, -0.25) is 9.78 Å². The molecule has 0 spiro atoms. The van der Waals surface area contributed by atoms with Gasteiger partial charge in [0.2, 0.25) is 5.91 Å². The third-order valence-electron chi connectivity index (χ3n) is 3.62. The zero-order chi connectivity index (χ0) is 14.5. The highest BCUT2D eigenvalue weighted by molar-refractivity contribution is 7.99. The molecule has 1 aliphatic rings. The number of carbonyl (C=O) groups is 1. The summed E-state index contributed by atoms with van der Waals surface area (Å²) in [6, 6.07) is 9.94. The summed E-state index contributed by atoms with van der Waals surface area (Å²) in [5.41, 5.74) is 2.00. The molecule has 0 radical (unpaired) electrons. The predicted octanol–water partition coefficient (Wildman–Crippen LogP) is 3.21. The fraction of sp³-hybridized carbons (Fsp3) is 0.294. The molecule has 1 aromatic heterocycles. The molecule has 1 aromatic carbocycles. The van der Waals surface area contributed by atoms with Crippen molar-refractivity contribution in [2.75, 3.05) is 24.6 Å². The van der Waals surface area contributed by atoms with Gasteiger partial charge in [0, 0.05) is 36.5 Å². The van der Waals surface area contributed by atoms with E-state index in [1.54, 1.807) is 12.3 Å². The molecule has 0 atom stereocenters. The van der Waals surface area contributed by atoms with Crippen molar-refractivity contribution in [1.82, 2.24) is 9.88 Å². The summed E-state index contributed by atoms with van der Waals surface area (Å²) >= 11 is 1.93. The Labute approximate surface area is 129 Å². The number of rotatable bonds is 2. The second kappa shape index (κ2) is 6.76. The van der Waals surface area contributed by atoms with Gasteiger partial charge in [0.25, 0.3) is 0 Å². The number of thioether (sulfide) groups is 1. The zero-order valence-electron chi connectivity index (χ0n) is 11.9. The lowest BCUT2D eigenvalue weighted by molar-refractivity contribution is -0.125. The van der Waals surface area contributed by atoms with Crippen molar-refractivity contribution in [3.8, 4) is 0 Å². The first-order valence-electron chi connectivity index (χ1n) is 7.23. The Morgan fingerprint density at radius 1 is 1.19 bits per heavy atom. The molecule has 21 heavy (non-hydrogen) atoms. The van der Waals surface area contributed by atoms with E-state index in [1.807, 2.05) is 53.1 Å². The van der Waals surface area contributed by atoms with Crippen molar-refractivity contribution in [3.63, 3.8) is 0 Å². The Kier molecular flexibility index (Phi) is 4.55. The van der Waals surface area contributed by atoms with Gasteiger partial charge < -0.3 is 4.90 Å². The number of hydrogen-bond donors (Lipinski definition) is 0. The number of aromatic nitrogens is 1. The van der Waals surface area contributed by atoms with E-state index in [9.17, 15) is 4.79 Å². The number of nitrogens with zero attached hydrogens (tertiary/aromatic N) is 2. The Bertz CT molecular complexity index is 655. The zero-order valence-corrected chi connectivity index (χ0v) is 12.7. The van der Waals surface area contributed by atoms with Gasteiger partial charge in [-0.1, -0.05) is 18.2 Å². The van der Waals surface area contributed by atoms with Crippen LogP contribution in [0.1, 0.15) is 12.0 Å². The van der Waals surface area contributed by atoms with Crippen molar-refractivity contribution < 1.29 is 4.79 Å². The summed E-state index contributed by atoms with van der Waals surface area (Å²) in [5.74, 6) is 2.30. The molecule has 0 unspecified atom stereocenters. The smallest absolute Gasteiger partial charge is 0.246 e. The van der Waals surface area contributed by atoms with E-state index in [0.717, 1.165) is 47.5 Å². The molecular formula is C17H18N2OS. The molecule has 3 rings (SSSR count). The number of para-hydroxylation sites is 1. The summed E-state index contributed by atoms with van der Waals surface area (Å²) < 4.78 is 0. The number of pyridine rings is 1. The van der Waals surface area contributed by atoms with Gasteiger partial charge in [-0.15, -0.1) is 0 Å². The number of amides is 1. The summed E-state index contributed by atoms with van der Waals surface area (Å²) in [6.07, 6.45) is 6.47. The molecule has 108 valence electrons. The second-order valence-electron chi connectivity index (χ2n) is 5.04. The number of hydrogen-bond acceptors (Lipinski definition) is 3. The largest absolute Gasteiger partial charge is 0.338 e. The van der Waals surface area contributed by atoms with Crippen LogP contribution in [-0.2, 0) is 4.79 Å². The van der Waals surface area contributed by atoms with Crippen molar-refractivity contribution in [2.24, 2.45) is 0 Å². The topological polar surface area (TPSA) is 33.2 Å². The highest BCUT2D eigenvalue weighted by Crippen LogP contribution is 2.18. The minimum Gasteiger partial charge on any atom is -0.338 e. The van der Waals surface area contributed by atoms with E-state index in [2.05, 4.69) is 4.98 Å². The van der Waals surface area contributed by atoms with Crippen LogP contribution < -0.4 is 0 Å². The van der Waals surface area contributed by atoms with Gasteiger partial charge in [0.05, 0.1) is 5.52 Å². The van der Waals surface area contributed by atoms with E-state index in [0.29, 0.717) is 0 Å². The molecule has 1 fully saturated rings.